The van der Waals surface area contributed by atoms with Crippen molar-refractivity contribution in [3.05, 3.63) is 12.2 Å². The molecule has 0 spiro atoms. The molecular weight excluding hydrogens is 719 g/mol. The Morgan fingerprint density at radius 2 is 0.965 bits per heavy atom. The zero-order valence-electron chi connectivity index (χ0n) is 37.1. The predicted octanol–water partition coefficient (Wildman–Crippen LogP) is 10.5. The first-order valence-electron chi connectivity index (χ1n) is 24.4. The smallest absolute Gasteiger partial charge is 0.220 e. The first-order chi connectivity index (χ1) is 27.8. The summed E-state index contributed by atoms with van der Waals surface area (Å²) in [4.78, 5) is 12.9. The van der Waals surface area contributed by atoms with Gasteiger partial charge in [-0.3, -0.25) is 4.79 Å². The number of hydrogen-bond acceptors (Lipinski definition) is 8. The summed E-state index contributed by atoms with van der Waals surface area (Å²) in [7, 11) is 0. The second-order valence-corrected chi connectivity index (χ2v) is 17.3. The summed E-state index contributed by atoms with van der Waals surface area (Å²) in [6.07, 6.45) is 38.3. The van der Waals surface area contributed by atoms with E-state index in [1.165, 1.54) is 173 Å². The highest BCUT2D eigenvalue weighted by Crippen LogP contribution is 2.23. The van der Waals surface area contributed by atoms with E-state index in [9.17, 15) is 30.3 Å². The number of nitrogens with one attached hydrogen (secondary N) is 1. The fourth-order valence-electron chi connectivity index (χ4n) is 7.92. The molecular formula is C48H93NO8. The number of carbonyl (C=O) groups excluding carboxylic acids is 1. The summed E-state index contributed by atoms with van der Waals surface area (Å²) in [6.45, 7) is 3.79. The van der Waals surface area contributed by atoms with E-state index in [-0.39, 0.29) is 12.5 Å². The Hall–Kier alpha value is -1.07. The van der Waals surface area contributed by atoms with Crippen molar-refractivity contribution in [2.24, 2.45) is 0 Å². The Kier molecular flexibility index (Phi) is 37.0. The van der Waals surface area contributed by atoms with Gasteiger partial charge in [-0.1, -0.05) is 219 Å². The standard InChI is InChI=1S/C48H93NO8/c1-3-5-7-9-11-13-15-17-18-19-20-21-22-23-24-26-27-29-31-33-35-37-42(51)41(40-56-48-47(55)46(54)45(53)43(39-50)57-48)49-44(52)38-36-34-32-30-28-25-16-14-12-10-8-6-4-2/h35,37,41-43,45-48,50-51,53-55H,3-34,36,38-40H2,1-2H3,(H,49,52)/b37-35+. The van der Waals surface area contributed by atoms with Gasteiger partial charge in [-0.2, -0.15) is 0 Å². The van der Waals surface area contributed by atoms with E-state index in [0.29, 0.717) is 6.42 Å². The third-order valence-electron chi connectivity index (χ3n) is 11.9. The quantitative estimate of drug-likeness (QED) is 0.0264. The van der Waals surface area contributed by atoms with Gasteiger partial charge in [-0.05, 0) is 19.3 Å². The summed E-state index contributed by atoms with van der Waals surface area (Å²) in [6, 6.07) is -0.798. The zero-order chi connectivity index (χ0) is 41.6. The van der Waals surface area contributed by atoms with Crippen LogP contribution < -0.4 is 5.32 Å². The molecule has 1 saturated heterocycles. The lowest BCUT2D eigenvalue weighted by molar-refractivity contribution is -0.302. The van der Waals surface area contributed by atoms with E-state index >= 15 is 0 Å². The molecule has 9 nitrogen and oxygen atoms in total. The average molecular weight is 812 g/mol. The van der Waals surface area contributed by atoms with Crippen molar-refractivity contribution in [2.75, 3.05) is 13.2 Å². The Morgan fingerprint density at radius 1 is 0.579 bits per heavy atom. The molecule has 0 saturated carbocycles. The monoisotopic (exact) mass is 812 g/mol. The molecule has 1 aliphatic heterocycles. The van der Waals surface area contributed by atoms with Crippen LogP contribution in [0.1, 0.15) is 232 Å². The number of amides is 1. The lowest BCUT2D eigenvalue weighted by Gasteiger charge is -2.40. The van der Waals surface area contributed by atoms with Gasteiger partial charge in [0.1, 0.15) is 24.4 Å². The minimum Gasteiger partial charge on any atom is -0.394 e. The molecule has 1 heterocycles. The molecule has 0 bridgehead atoms. The van der Waals surface area contributed by atoms with Gasteiger partial charge in [0.15, 0.2) is 6.29 Å². The SMILES string of the molecule is CCCCCCCCCCCCCCCCCCCCC/C=C/C(O)C(COC1OC(CO)C(O)C(O)C1O)NC(=O)CCCCCCCCCCCCCCC. The first kappa shape index (κ1) is 53.9. The number of allylic oxidation sites excluding steroid dienone is 1. The van der Waals surface area contributed by atoms with E-state index in [1.807, 2.05) is 6.08 Å². The van der Waals surface area contributed by atoms with E-state index < -0.39 is 49.5 Å². The highest BCUT2D eigenvalue weighted by molar-refractivity contribution is 5.76. The second kappa shape index (κ2) is 39.1. The van der Waals surface area contributed by atoms with Gasteiger partial charge in [0, 0.05) is 6.42 Å². The topological polar surface area (TPSA) is 149 Å². The Balaban J connectivity index is 2.30. The van der Waals surface area contributed by atoms with Crippen molar-refractivity contribution in [1.82, 2.24) is 5.32 Å². The Bertz CT molecular complexity index is 904. The number of rotatable bonds is 41. The van der Waals surface area contributed by atoms with Gasteiger partial charge in [0.25, 0.3) is 0 Å². The molecule has 1 aliphatic rings. The van der Waals surface area contributed by atoms with Crippen LogP contribution in [-0.4, -0.2) is 87.5 Å². The maximum atomic E-state index is 12.9. The minimum absolute atomic E-state index is 0.174. The van der Waals surface area contributed by atoms with Crippen molar-refractivity contribution in [2.45, 2.75) is 275 Å². The van der Waals surface area contributed by atoms with Crippen molar-refractivity contribution < 1.29 is 39.8 Å². The van der Waals surface area contributed by atoms with Crippen LogP contribution in [0.25, 0.3) is 0 Å². The predicted molar refractivity (Wildman–Crippen MR) is 235 cm³/mol. The number of aliphatic hydroxyl groups excluding tert-OH is 5. The van der Waals surface area contributed by atoms with Crippen molar-refractivity contribution in [3.63, 3.8) is 0 Å². The molecule has 0 radical (unpaired) electrons. The third kappa shape index (κ3) is 29.7. The Labute approximate surface area is 350 Å². The molecule has 7 atom stereocenters. The molecule has 1 amide bonds. The van der Waals surface area contributed by atoms with Crippen LogP contribution in [0.5, 0.6) is 0 Å². The van der Waals surface area contributed by atoms with Crippen LogP contribution in [0.2, 0.25) is 0 Å². The maximum absolute atomic E-state index is 12.9. The van der Waals surface area contributed by atoms with Gasteiger partial charge in [-0.15, -0.1) is 0 Å². The highest BCUT2D eigenvalue weighted by Gasteiger charge is 2.44. The van der Waals surface area contributed by atoms with E-state index in [0.717, 1.165) is 38.5 Å². The normalized spacial score (nSPS) is 21.0. The van der Waals surface area contributed by atoms with Crippen LogP contribution in [0.15, 0.2) is 12.2 Å². The van der Waals surface area contributed by atoms with Gasteiger partial charge < -0.3 is 40.3 Å². The molecule has 0 aromatic carbocycles. The van der Waals surface area contributed by atoms with Gasteiger partial charge in [0.05, 0.1) is 25.4 Å². The van der Waals surface area contributed by atoms with Crippen LogP contribution in [0, 0.1) is 0 Å². The lowest BCUT2D eigenvalue weighted by atomic mass is 9.99. The summed E-state index contributed by atoms with van der Waals surface area (Å²) in [5.41, 5.74) is 0. The number of carbonyl (C=O) groups is 1. The molecule has 0 aromatic heterocycles. The molecule has 338 valence electrons. The van der Waals surface area contributed by atoms with E-state index in [2.05, 4.69) is 19.2 Å². The molecule has 0 aromatic rings. The van der Waals surface area contributed by atoms with Gasteiger partial charge in [0.2, 0.25) is 5.91 Å². The fraction of sp³-hybridized carbons (Fsp3) is 0.938. The molecule has 57 heavy (non-hydrogen) atoms. The number of aliphatic hydroxyl groups is 5. The van der Waals surface area contributed by atoms with Crippen molar-refractivity contribution in [1.29, 1.82) is 0 Å². The first-order valence-corrected chi connectivity index (χ1v) is 24.4. The second-order valence-electron chi connectivity index (χ2n) is 17.3. The fourth-order valence-corrected chi connectivity index (χ4v) is 7.92. The lowest BCUT2D eigenvalue weighted by Crippen LogP contribution is -2.60. The Morgan fingerprint density at radius 3 is 1.37 bits per heavy atom. The third-order valence-corrected chi connectivity index (χ3v) is 11.9. The summed E-state index contributed by atoms with van der Waals surface area (Å²) < 4.78 is 11.2. The van der Waals surface area contributed by atoms with Crippen molar-refractivity contribution in [3.8, 4) is 0 Å². The molecule has 9 heteroatoms. The maximum Gasteiger partial charge on any atom is 0.220 e. The summed E-state index contributed by atoms with van der Waals surface area (Å²) in [5.74, 6) is -0.174. The number of ether oxygens (including phenoxy) is 2. The average Bonchev–Trinajstić information content (AvgIpc) is 3.21. The largest absolute Gasteiger partial charge is 0.394 e. The van der Waals surface area contributed by atoms with Crippen molar-refractivity contribution >= 4 is 5.91 Å². The molecule has 1 rings (SSSR count). The molecule has 1 fully saturated rings. The summed E-state index contributed by atoms with van der Waals surface area (Å²) >= 11 is 0. The van der Waals surface area contributed by atoms with E-state index in [1.54, 1.807) is 6.08 Å². The van der Waals surface area contributed by atoms with Crippen LogP contribution >= 0.6 is 0 Å². The van der Waals surface area contributed by atoms with E-state index in [4.69, 9.17) is 9.47 Å². The number of unbranched alkanes of at least 4 members (excludes halogenated alkanes) is 31. The van der Waals surface area contributed by atoms with Gasteiger partial charge in [-0.25, -0.2) is 0 Å². The zero-order valence-corrected chi connectivity index (χ0v) is 37.1. The summed E-state index contributed by atoms with van der Waals surface area (Å²) in [5, 5.41) is 54.2. The molecule has 0 aliphatic carbocycles. The van der Waals surface area contributed by atoms with Crippen LogP contribution in [0.4, 0.5) is 0 Å². The molecule has 6 N–H and O–H groups in total. The van der Waals surface area contributed by atoms with Crippen LogP contribution in [-0.2, 0) is 14.3 Å². The minimum atomic E-state index is -1.56. The van der Waals surface area contributed by atoms with Gasteiger partial charge >= 0.3 is 0 Å². The number of hydrogen-bond donors (Lipinski definition) is 6. The highest BCUT2D eigenvalue weighted by atomic mass is 16.7. The van der Waals surface area contributed by atoms with Crippen LogP contribution in [0.3, 0.4) is 0 Å². The molecule has 7 unspecified atom stereocenters.